The van der Waals surface area contributed by atoms with Crippen molar-refractivity contribution in [2.75, 3.05) is 28.4 Å². The molecule has 6 nitrogen and oxygen atoms in total. The normalized spacial score (nSPS) is 26.2. The minimum absolute atomic E-state index is 0.320. The van der Waals surface area contributed by atoms with Crippen molar-refractivity contribution in [3.8, 4) is 94.0 Å². The van der Waals surface area contributed by atoms with E-state index in [0.29, 0.717) is 22.3 Å². The first-order valence-corrected chi connectivity index (χ1v) is 27.5. The van der Waals surface area contributed by atoms with Crippen LogP contribution >= 0.6 is 0 Å². The van der Waals surface area contributed by atoms with Gasteiger partial charge >= 0.3 is 0 Å². The van der Waals surface area contributed by atoms with Crippen molar-refractivity contribution in [2.24, 2.45) is 0 Å². The number of methoxy groups -OCH3 is 4. The van der Waals surface area contributed by atoms with Crippen LogP contribution in [-0.2, 0) is 41.4 Å². The summed E-state index contributed by atoms with van der Waals surface area (Å²) in [6.07, 6.45) is 0. The van der Waals surface area contributed by atoms with Crippen molar-refractivity contribution in [2.45, 2.75) is 72.9 Å². The van der Waals surface area contributed by atoms with Gasteiger partial charge in [-0.2, -0.15) is 0 Å². The second-order valence-corrected chi connectivity index (χ2v) is 26.4. The predicted molar refractivity (Wildman–Crippen MR) is 259 cm³/mol. The van der Waals surface area contributed by atoms with E-state index in [4.69, 9.17) is 18.9 Å². The maximum absolute atomic E-state index is 12.6. The average molecular weight is 877 g/mol. The van der Waals surface area contributed by atoms with E-state index in [0.717, 1.165) is 0 Å². The van der Waals surface area contributed by atoms with Crippen molar-refractivity contribution in [3.05, 3.63) is 144 Å². The molecule has 6 atom stereocenters. The molecular formula is C56H52O6Si2. The molecule has 4 aromatic carbocycles. The smallest absolute Gasteiger partial charge is 0.253 e. The van der Waals surface area contributed by atoms with E-state index in [-0.39, 0.29) is 0 Å². The molecule has 1 aliphatic carbocycles. The Morgan fingerprint density at radius 3 is 0.875 bits per heavy atom. The number of hydrogen-bond donors (Lipinski definition) is 2. The standard InChI is InChI=1S/C56H52O6Si2/c1-59-51(43-45-63(5,6)7)31-35-53(57,47-23-15-11-16-24-47)37-38-54(58,48-25-17-12-18-26-48)36-32-52(60-2,44-46-64(8,9)10)34-40-56(62-4,50-29-21-14-22-30-50)42-41-55(61-3,39-33-51)49-27-19-13-20-28-49/h11-30,57-58H,1-10H3. The highest BCUT2D eigenvalue weighted by Gasteiger charge is 2.37. The topological polar surface area (TPSA) is 77.4 Å². The Balaban J connectivity index is 2.06. The molecule has 1 aliphatic rings. The van der Waals surface area contributed by atoms with E-state index in [2.05, 4.69) is 133 Å². The first-order valence-electron chi connectivity index (χ1n) is 20.5. The van der Waals surface area contributed by atoms with Crippen LogP contribution in [0.4, 0.5) is 0 Å². The van der Waals surface area contributed by atoms with Crippen LogP contribution in [-0.4, -0.2) is 66.0 Å². The molecule has 0 radical (unpaired) electrons. The molecule has 4 aromatic rings. The Morgan fingerprint density at radius 1 is 0.359 bits per heavy atom. The van der Waals surface area contributed by atoms with Gasteiger partial charge in [-0.15, -0.1) is 11.1 Å². The third-order valence-electron chi connectivity index (χ3n) is 9.70. The minimum atomic E-state index is -2.22. The summed E-state index contributed by atoms with van der Waals surface area (Å²) in [5.74, 6) is 43.9. The molecule has 0 spiro atoms. The van der Waals surface area contributed by atoms with Gasteiger partial charge in [0.25, 0.3) is 11.2 Å². The Kier molecular flexibility index (Phi) is 15.1. The molecular weight excluding hydrogens is 825 g/mol. The Labute approximate surface area is 382 Å². The fourth-order valence-corrected chi connectivity index (χ4v) is 7.06. The second kappa shape index (κ2) is 19.9. The molecule has 0 amide bonds. The number of aliphatic hydroxyl groups is 2. The van der Waals surface area contributed by atoms with Gasteiger partial charge in [-0.25, -0.2) is 0 Å². The average Bonchev–Trinajstić information content (AvgIpc) is 3.31. The van der Waals surface area contributed by atoms with Gasteiger partial charge in [0, 0.05) is 50.7 Å². The summed E-state index contributed by atoms with van der Waals surface area (Å²) in [5, 5.41) is 25.3. The summed E-state index contributed by atoms with van der Waals surface area (Å²) in [4.78, 5) is 0. The van der Waals surface area contributed by atoms with Crippen LogP contribution in [0.2, 0.25) is 39.3 Å². The van der Waals surface area contributed by atoms with E-state index in [1.54, 1.807) is 48.5 Å². The lowest BCUT2D eigenvalue weighted by atomic mass is 9.87. The summed E-state index contributed by atoms with van der Waals surface area (Å²) in [7, 11) is 1.72. The van der Waals surface area contributed by atoms with E-state index in [1.807, 2.05) is 72.8 Å². The number of benzene rings is 4. The van der Waals surface area contributed by atoms with Gasteiger partial charge < -0.3 is 29.2 Å². The van der Waals surface area contributed by atoms with Crippen LogP contribution in [0.25, 0.3) is 0 Å². The molecule has 0 fully saturated rings. The molecule has 0 bridgehead atoms. The van der Waals surface area contributed by atoms with Gasteiger partial charge in [-0.3, -0.25) is 0 Å². The zero-order chi connectivity index (χ0) is 46.6. The van der Waals surface area contributed by atoms with E-state index in [1.165, 1.54) is 28.4 Å². The summed E-state index contributed by atoms with van der Waals surface area (Å²) in [6.45, 7) is 12.5. The third kappa shape index (κ3) is 12.0. The van der Waals surface area contributed by atoms with E-state index >= 15 is 0 Å². The fourth-order valence-electron chi connectivity index (χ4n) is 5.96. The highest BCUT2D eigenvalue weighted by molar-refractivity contribution is 6.84. The monoisotopic (exact) mass is 876 g/mol. The van der Waals surface area contributed by atoms with Crippen LogP contribution in [0.15, 0.2) is 121 Å². The predicted octanol–water partition coefficient (Wildman–Crippen LogP) is 7.41. The third-order valence-corrected chi connectivity index (χ3v) is 11.5. The summed E-state index contributed by atoms with van der Waals surface area (Å²) >= 11 is 0. The number of hydrogen-bond acceptors (Lipinski definition) is 6. The van der Waals surface area contributed by atoms with Crippen molar-refractivity contribution in [1.29, 1.82) is 0 Å². The maximum Gasteiger partial charge on any atom is 0.253 e. The highest BCUT2D eigenvalue weighted by atomic mass is 28.3. The SMILES string of the molecule is COC1(C#C[Si](C)(C)C)C#CC(O)(c2ccccc2)C#CC(O)(c2ccccc2)C#CC(C#C[Si](C)(C)C)(OC)C#CC(OC)(c2ccccc2)C#CC(OC)(c2ccccc2)C#C1. The van der Waals surface area contributed by atoms with Gasteiger partial charge in [-0.1, -0.05) is 161 Å². The quantitative estimate of drug-likeness (QED) is 0.142. The van der Waals surface area contributed by atoms with Gasteiger partial charge in [-0.05, 0) is 82.9 Å². The molecule has 0 aliphatic heterocycles. The zero-order valence-electron chi connectivity index (χ0n) is 38.1. The number of ether oxygens (including phenoxy) is 4. The molecule has 0 aromatic heterocycles. The largest absolute Gasteiger partial charge is 0.364 e. The minimum Gasteiger partial charge on any atom is -0.364 e. The van der Waals surface area contributed by atoms with Crippen LogP contribution in [0.3, 0.4) is 0 Å². The maximum atomic E-state index is 12.6. The van der Waals surface area contributed by atoms with Gasteiger partial charge in [0.1, 0.15) is 16.1 Å². The second-order valence-electron chi connectivity index (χ2n) is 16.9. The molecule has 0 heterocycles. The molecule has 2 N–H and O–H groups in total. The number of rotatable bonds is 8. The van der Waals surface area contributed by atoms with E-state index < -0.39 is 49.8 Å². The van der Waals surface area contributed by atoms with Crippen LogP contribution in [0, 0.1) is 94.0 Å². The molecule has 0 saturated heterocycles. The lowest BCUT2D eigenvalue weighted by Crippen LogP contribution is -2.34. The van der Waals surface area contributed by atoms with Crippen LogP contribution in [0.5, 0.6) is 0 Å². The molecule has 64 heavy (non-hydrogen) atoms. The van der Waals surface area contributed by atoms with Gasteiger partial charge in [0.2, 0.25) is 22.4 Å². The highest BCUT2D eigenvalue weighted by Crippen LogP contribution is 2.30. The van der Waals surface area contributed by atoms with Gasteiger partial charge in [0.15, 0.2) is 0 Å². The zero-order valence-corrected chi connectivity index (χ0v) is 40.1. The lowest BCUT2D eigenvalue weighted by molar-refractivity contribution is 0.0787. The molecule has 0 saturated carbocycles. The van der Waals surface area contributed by atoms with Crippen molar-refractivity contribution < 1.29 is 29.2 Å². The Hall–Kier alpha value is -6.45. The molecule has 6 unspecified atom stereocenters. The van der Waals surface area contributed by atoms with Crippen LogP contribution in [0.1, 0.15) is 22.3 Å². The Bertz CT molecular complexity index is 2640. The molecule has 5 rings (SSSR count). The van der Waals surface area contributed by atoms with Crippen molar-refractivity contribution in [1.82, 2.24) is 0 Å². The lowest BCUT2D eigenvalue weighted by Gasteiger charge is -2.26. The fraction of sp³-hybridized carbons (Fsp3) is 0.286. The molecule has 8 heteroatoms. The van der Waals surface area contributed by atoms with Crippen LogP contribution < -0.4 is 0 Å². The first-order chi connectivity index (χ1) is 30.3. The van der Waals surface area contributed by atoms with Crippen molar-refractivity contribution >= 4 is 16.1 Å². The summed E-state index contributed by atoms with van der Waals surface area (Å²) in [5.41, 5.74) is -2.78. The van der Waals surface area contributed by atoms with Crippen molar-refractivity contribution in [3.63, 3.8) is 0 Å². The summed E-state index contributed by atoms with van der Waals surface area (Å²) < 4.78 is 24.9. The van der Waals surface area contributed by atoms with E-state index in [9.17, 15) is 10.2 Å². The Morgan fingerprint density at radius 2 is 0.609 bits per heavy atom. The summed E-state index contributed by atoms with van der Waals surface area (Å²) in [6, 6.07) is 36.0. The first kappa shape index (κ1) is 48.6. The van der Waals surface area contributed by atoms with Gasteiger partial charge in [0.05, 0.1) is 0 Å². The molecule has 320 valence electrons.